The molecular formula is C35H62. The number of rotatable bonds is 4. The van der Waals surface area contributed by atoms with Crippen molar-refractivity contribution in [2.24, 2.45) is 34.5 Å². The minimum Gasteiger partial charge on any atom is -0.0533 e. The Labute approximate surface area is 220 Å². The Bertz CT molecular complexity index is 577. The molecule has 2 atom stereocenters. The lowest BCUT2D eigenvalue weighted by Crippen LogP contribution is -2.59. The molecule has 0 saturated heterocycles. The van der Waals surface area contributed by atoms with E-state index in [0.717, 1.165) is 23.7 Å². The molecule has 35 heavy (non-hydrogen) atoms. The highest BCUT2D eigenvalue weighted by Gasteiger charge is 2.63. The summed E-state index contributed by atoms with van der Waals surface area (Å²) in [6.45, 7) is 0. The molecule has 2 unspecified atom stereocenters. The second-order valence-corrected chi connectivity index (χ2v) is 14.4. The van der Waals surface area contributed by atoms with Crippen molar-refractivity contribution in [1.29, 1.82) is 0 Å². The monoisotopic (exact) mass is 482 g/mol. The van der Waals surface area contributed by atoms with Gasteiger partial charge in [0, 0.05) is 0 Å². The normalized spacial score (nSPS) is 37.0. The van der Waals surface area contributed by atoms with Crippen LogP contribution in [0.3, 0.4) is 0 Å². The van der Waals surface area contributed by atoms with Gasteiger partial charge in [-0.15, -0.1) is 0 Å². The molecule has 0 heterocycles. The third-order valence-electron chi connectivity index (χ3n) is 12.9. The highest BCUT2D eigenvalue weighted by Crippen LogP contribution is 2.71. The molecule has 5 fully saturated rings. The SMILES string of the molecule is C1CCCC(C2(C3CCCCCC3)CCCCCC2(C2CCCCCC2)C2CCCCC2)CCC1. The van der Waals surface area contributed by atoms with Crippen molar-refractivity contribution in [2.75, 3.05) is 0 Å². The smallest absolute Gasteiger partial charge is 0.0179 e. The number of hydrogen-bond donors (Lipinski definition) is 0. The van der Waals surface area contributed by atoms with E-state index in [1.807, 2.05) is 0 Å². The van der Waals surface area contributed by atoms with Gasteiger partial charge < -0.3 is 0 Å². The summed E-state index contributed by atoms with van der Waals surface area (Å²) in [4.78, 5) is 0. The van der Waals surface area contributed by atoms with Gasteiger partial charge in [-0.2, -0.15) is 0 Å². The average molecular weight is 483 g/mol. The first-order chi connectivity index (χ1) is 17.4. The van der Waals surface area contributed by atoms with Crippen LogP contribution in [0, 0.1) is 34.5 Å². The fourth-order valence-electron chi connectivity index (χ4n) is 11.7. The predicted octanol–water partition coefficient (Wildman–Crippen LogP) is 11.8. The summed E-state index contributed by atoms with van der Waals surface area (Å²) in [6.07, 6.45) is 45.7. The summed E-state index contributed by atoms with van der Waals surface area (Å²) in [6, 6.07) is 0. The number of hydrogen-bond acceptors (Lipinski definition) is 0. The Morgan fingerprint density at radius 2 is 0.429 bits per heavy atom. The van der Waals surface area contributed by atoms with Gasteiger partial charge in [0.25, 0.3) is 0 Å². The van der Waals surface area contributed by atoms with Gasteiger partial charge in [0.2, 0.25) is 0 Å². The molecule has 5 aliphatic rings. The molecular weight excluding hydrogens is 420 g/mol. The molecule has 0 amide bonds. The maximum absolute atomic E-state index is 1.65. The third-order valence-corrected chi connectivity index (χ3v) is 12.9. The summed E-state index contributed by atoms with van der Waals surface area (Å²) in [5, 5.41) is 0. The Kier molecular flexibility index (Phi) is 10.0. The first-order valence-electron chi connectivity index (χ1n) is 17.4. The van der Waals surface area contributed by atoms with Crippen LogP contribution in [0.1, 0.15) is 186 Å². The first kappa shape index (κ1) is 26.6. The zero-order valence-electron chi connectivity index (χ0n) is 23.8. The molecule has 5 saturated carbocycles. The molecule has 0 aromatic carbocycles. The van der Waals surface area contributed by atoms with Crippen LogP contribution in [0.2, 0.25) is 0 Å². The van der Waals surface area contributed by atoms with Crippen molar-refractivity contribution in [2.45, 2.75) is 186 Å². The lowest BCUT2D eigenvalue weighted by molar-refractivity contribution is -0.172. The molecule has 0 nitrogen and oxygen atoms in total. The lowest BCUT2D eigenvalue weighted by atomic mass is 9.39. The topological polar surface area (TPSA) is 0 Å². The molecule has 202 valence electrons. The summed E-state index contributed by atoms with van der Waals surface area (Å²) in [5.41, 5.74) is 1.40. The Morgan fingerprint density at radius 1 is 0.229 bits per heavy atom. The molecule has 5 aliphatic carbocycles. The van der Waals surface area contributed by atoms with Crippen LogP contribution in [-0.2, 0) is 0 Å². The van der Waals surface area contributed by atoms with Crippen molar-refractivity contribution < 1.29 is 0 Å². The molecule has 0 spiro atoms. The second kappa shape index (κ2) is 13.2. The van der Waals surface area contributed by atoms with Gasteiger partial charge in [-0.25, -0.2) is 0 Å². The second-order valence-electron chi connectivity index (χ2n) is 14.4. The van der Waals surface area contributed by atoms with Gasteiger partial charge in [-0.3, -0.25) is 0 Å². The van der Waals surface area contributed by atoms with E-state index < -0.39 is 0 Å². The molecule has 0 aromatic rings. The van der Waals surface area contributed by atoms with Gasteiger partial charge in [0.05, 0.1) is 0 Å². The summed E-state index contributed by atoms with van der Waals surface area (Å²) >= 11 is 0. The quantitative estimate of drug-likeness (QED) is 0.349. The van der Waals surface area contributed by atoms with Crippen molar-refractivity contribution in [3.63, 3.8) is 0 Å². The molecule has 5 rings (SSSR count). The van der Waals surface area contributed by atoms with Crippen LogP contribution in [0.5, 0.6) is 0 Å². The first-order valence-corrected chi connectivity index (χ1v) is 17.4. The van der Waals surface area contributed by atoms with Crippen LogP contribution in [0.15, 0.2) is 0 Å². The van der Waals surface area contributed by atoms with Crippen LogP contribution in [-0.4, -0.2) is 0 Å². The standard InChI is InChI=1S/C35H62/c1-2-10-20-30(21-11-3-1)34(31-22-12-4-5-13-23-31)28-18-9-19-29-35(34,33-26-16-8-17-27-33)32-24-14-6-7-15-25-32/h30-33H,1-29H2. The Hall–Kier alpha value is 0. The van der Waals surface area contributed by atoms with Crippen LogP contribution in [0.25, 0.3) is 0 Å². The molecule has 0 heteroatoms. The Morgan fingerprint density at radius 3 is 0.714 bits per heavy atom. The minimum atomic E-state index is 0.697. The van der Waals surface area contributed by atoms with E-state index in [1.54, 1.807) is 135 Å². The molecule has 0 aliphatic heterocycles. The van der Waals surface area contributed by atoms with Crippen molar-refractivity contribution >= 4 is 0 Å². The maximum atomic E-state index is 1.65. The predicted molar refractivity (Wildman–Crippen MR) is 153 cm³/mol. The van der Waals surface area contributed by atoms with Gasteiger partial charge in [0.1, 0.15) is 0 Å². The molecule has 0 N–H and O–H groups in total. The minimum absolute atomic E-state index is 0.697. The van der Waals surface area contributed by atoms with E-state index in [9.17, 15) is 0 Å². The lowest BCUT2D eigenvalue weighted by Gasteiger charge is -2.65. The van der Waals surface area contributed by atoms with Gasteiger partial charge >= 0.3 is 0 Å². The third kappa shape index (κ3) is 5.58. The Balaban J connectivity index is 1.66. The van der Waals surface area contributed by atoms with Crippen LogP contribution >= 0.6 is 0 Å². The van der Waals surface area contributed by atoms with Crippen molar-refractivity contribution in [3.8, 4) is 0 Å². The van der Waals surface area contributed by atoms with E-state index in [0.29, 0.717) is 10.8 Å². The summed E-state index contributed by atoms with van der Waals surface area (Å²) in [7, 11) is 0. The zero-order valence-corrected chi connectivity index (χ0v) is 23.8. The highest BCUT2D eigenvalue weighted by molar-refractivity contribution is 5.11. The van der Waals surface area contributed by atoms with Crippen LogP contribution in [0.4, 0.5) is 0 Å². The summed E-state index contributed by atoms with van der Waals surface area (Å²) in [5.74, 6) is 4.28. The molecule has 0 aromatic heterocycles. The molecule has 0 bridgehead atoms. The maximum Gasteiger partial charge on any atom is -0.0179 e. The molecule has 0 radical (unpaired) electrons. The van der Waals surface area contributed by atoms with Crippen LogP contribution < -0.4 is 0 Å². The fourth-order valence-corrected chi connectivity index (χ4v) is 11.7. The van der Waals surface area contributed by atoms with E-state index in [4.69, 9.17) is 0 Å². The van der Waals surface area contributed by atoms with Crippen molar-refractivity contribution in [3.05, 3.63) is 0 Å². The van der Waals surface area contributed by atoms with Gasteiger partial charge in [-0.05, 0) is 98.7 Å². The van der Waals surface area contributed by atoms with E-state index in [-0.39, 0.29) is 0 Å². The van der Waals surface area contributed by atoms with Crippen molar-refractivity contribution in [1.82, 2.24) is 0 Å². The van der Waals surface area contributed by atoms with Gasteiger partial charge in [-0.1, -0.05) is 122 Å². The largest absolute Gasteiger partial charge is 0.0533 e. The highest BCUT2D eigenvalue weighted by atomic mass is 14.7. The van der Waals surface area contributed by atoms with Gasteiger partial charge in [0.15, 0.2) is 0 Å². The fraction of sp³-hybridized carbons (Fsp3) is 1.00. The average Bonchev–Trinajstić information content (AvgIpc) is 3.38. The zero-order chi connectivity index (χ0) is 23.8. The van der Waals surface area contributed by atoms with E-state index >= 15 is 0 Å². The van der Waals surface area contributed by atoms with E-state index in [2.05, 4.69) is 0 Å². The summed E-state index contributed by atoms with van der Waals surface area (Å²) < 4.78 is 0. The van der Waals surface area contributed by atoms with E-state index in [1.165, 1.54) is 51.4 Å².